The molecule has 0 fully saturated rings. The quantitative estimate of drug-likeness (QED) is 0.816. The summed E-state index contributed by atoms with van der Waals surface area (Å²) in [5.41, 5.74) is 5.32. The number of carbonyl (C=O) groups is 1. The Bertz CT molecular complexity index is 668. The van der Waals surface area contributed by atoms with Crippen molar-refractivity contribution in [3.05, 3.63) is 57.8 Å². The molecule has 2 aromatic carbocycles. The summed E-state index contributed by atoms with van der Waals surface area (Å²) in [4.78, 5) is 11.9. The number of nitrogens with one attached hydrogen (secondary N) is 1. The summed E-state index contributed by atoms with van der Waals surface area (Å²) in [6, 6.07) is 5.26. The zero-order valence-electron chi connectivity index (χ0n) is 9.88. The zero-order valence-corrected chi connectivity index (χ0v) is 11.5. The van der Waals surface area contributed by atoms with E-state index in [1.165, 1.54) is 18.2 Å². The van der Waals surface area contributed by atoms with Gasteiger partial charge in [0, 0.05) is 27.9 Å². The molecule has 0 bridgehead atoms. The Morgan fingerprint density at radius 1 is 1.10 bits per heavy atom. The van der Waals surface area contributed by atoms with Crippen molar-refractivity contribution in [3.8, 4) is 0 Å². The van der Waals surface area contributed by atoms with Crippen molar-refractivity contribution in [2.75, 3.05) is 11.1 Å². The van der Waals surface area contributed by atoms with Crippen molar-refractivity contribution in [1.29, 1.82) is 0 Å². The monoisotopic (exact) mass is 344 g/mol. The predicted molar refractivity (Wildman–Crippen MR) is 72.8 cm³/mol. The topological polar surface area (TPSA) is 55.1 Å². The van der Waals surface area contributed by atoms with Crippen LogP contribution in [-0.2, 0) is 0 Å². The normalized spacial score (nSPS) is 10.4. The predicted octanol–water partition coefficient (Wildman–Crippen LogP) is 3.70. The van der Waals surface area contributed by atoms with Crippen molar-refractivity contribution in [2.24, 2.45) is 0 Å². The molecular formula is C13H8BrF3N2O. The highest BCUT2D eigenvalue weighted by atomic mass is 79.9. The maximum atomic E-state index is 13.4. The highest BCUT2D eigenvalue weighted by Gasteiger charge is 2.15. The standard InChI is InChI=1S/C13H8BrF3N2O/c14-8-2-1-6(3-11(8)18)13(20)19-12-9(16)4-7(15)5-10(12)17/h1-5H,18H2,(H,19,20). The molecule has 7 heteroatoms. The summed E-state index contributed by atoms with van der Waals surface area (Å²) in [5, 5.41) is 2.04. The molecule has 0 radical (unpaired) electrons. The zero-order chi connectivity index (χ0) is 14.9. The second-order valence-corrected chi connectivity index (χ2v) is 4.79. The van der Waals surface area contributed by atoms with Crippen LogP contribution in [0.15, 0.2) is 34.8 Å². The maximum Gasteiger partial charge on any atom is 0.255 e. The van der Waals surface area contributed by atoms with Gasteiger partial charge < -0.3 is 11.1 Å². The van der Waals surface area contributed by atoms with Gasteiger partial charge in [0.15, 0.2) is 11.6 Å². The molecule has 1 amide bonds. The van der Waals surface area contributed by atoms with E-state index in [1.54, 1.807) is 0 Å². The van der Waals surface area contributed by atoms with Gasteiger partial charge in [-0.2, -0.15) is 0 Å². The van der Waals surface area contributed by atoms with E-state index in [9.17, 15) is 18.0 Å². The third-order valence-corrected chi connectivity index (χ3v) is 3.23. The molecule has 0 heterocycles. The van der Waals surface area contributed by atoms with Crippen LogP contribution in [0, 0.1) is 17.5 Å². The summed E-state index contributed by atoms with van der Waals surface area (Å²) in [7, 11) is 0. The van der Waals surface area contributed by atoms with E-state index in [1.807, 2.05) is 5.32 Å². The van der Waals surface area contributed by atoms with Crippen molar-refractivity contribution >= 4 is 33.2 Å². The van der Waals surface area contributed by atoms with Gasteiger partial charge in [-0.05, 0) is 34.1 Å². The van der Waals surface area contributed by atoms with Crippen LogP contribution >= 0.6 is 15.9 Å². The fraction of sp³-hybridized carbons (Fsp3) is 0. The van der Waals surface area contributed by atoms with Crippen LogP contribution in [-0.4, -0.2) is 5.91 Å². The SMILES string of the molecule is Nc1cc(C(=O)Nc2c(F)cc(F)cc2F)ccc1Br. The molecule has 0 aliphatic carbocycles. The number of anilines is 2. The highest BCUT2D eigenvalue weighted by Crippen LogP contribution is 2.23. The van der Waals surface area contributed by atoms with E-state index >= 15 is 0 Å². The van der Waals surface area contributed by atoms with E-state index in [4.69, 9.17) is 5.73 Å². The molecule has 0 spiro atoms. The van der Waals surface area contributed by atoms with Crippen molar-refractivity contribution in [1.82, 2.24) is 0 Å². The van der Waals surface area contributed by atoms with Crippen molar-refractivity contribution < 1.29 is 18.0 Å². The van der Waals surface area contributed by atoms with Gasteiger partial charge in [-0.15, -0.1) is 0 Å². The molecule has 20 heavy (non-hydrogen) atoms. The Labute approximate surface area is 120 Å². The Hall–Kier alpha value is -2.02. The number of benzene rings is 2. The number of hydrogen-bond acceptors (Lipinski definition) is 2. The minimum Gasteiger partial charge on any atom is -0.398 e. The lowest BCUT2D eigenvalue weighted by atomic mass is 10.2. The summed E-state index contributed by atoms with van der Waals surface area (Å²) in [6.45, 7) is 0. The van der Waals surface area contributed by atoms with Gasteiger partial charge in [0.2, 0.25) is 0 Å². The highest BCUT2D eigenvalue weighted by molar-refractivity contribution is 9.10. The average Bonchev–Trinajstić information content (AvgIpc) is 2.36. The molecule has 3 nitrogen and oxygen atoms in total. The lowest BCUT2D eigenvalue weighted by Gasteiger charge is -2.08. The largest absolute Gasteiger partial charge is 0.398 e. The molecule has 104 valence electrons. The molecule has 0 aromatic heterocycles. The number of carbonyl (C=O) groups excluding carboxylic acids is 1. The van der Waals surface area contributed by atoms with Gasteiger partial charge in [0.25, 0.3) is 5.91 Å². The van der Waals surface area contributed by atoms with Crippen LogP contribution in [0.4, 0.5) is 24.5 Å². The first kappa shape index (κ1) is 14.4. The van der Waals surface area contributed by atoms with E-state index in [-0.39, 0.29) is 5.56 Å². The minimum atomic E-state index is -1.19. The van der Waals surface area contributed by atoms with Gasteiger partial charge in [-0.1, -0.05) is 0 Å². The van der Waals surface area contributed by atoms with Gasteiger partial charge in [0.1, 0.15) is 11.5 Å². The van der Waals surface area contributed by atoms with Crippen LogP contribution in [0.2, 0.25) is 0 Å². The number of nitrogens with two attached hydrogens (primary N) is 1. The third-order valence-electron chi connectivity index (χ3n) is 2.50. The first-order chi connectivity index (χ1) is 9.38. The first-order valence-electron chi connectivity index (χ1n) is 5.39. The molecule has 0 atom stereocenters. The molecule has 0 unspecified atom stereocenters. The number of halogens is 4. The number of hydrogen-bond donors (Lipinski definition) is 2. The van der Waals surface area contributed by atoms with Crippen LogP contribution < -0.4 is 11.1 Å². The van der Waals surface area contributed by atoms with Crippen LogP contribution in [0.3, 0.4) is 0 Å². The Balaban J connectivity index is 2.30. The van der Waals surface area contributed by atoms with Crippen LogP contribution in [0.5, 0.6) is 0 Å². The van der Waals surface area contributed by atoms with Crippen molar-refractivity contribution in [3.63, 3.8) is 0 Å². The molecule has 0 aliphatic heterocycles. The summed E-state index contributed by atoms with van der Waals surface area (Å²) >= 11 is 3.16. The number of nitrogen functional groups attached to an aromatic ring is 1. The van der Waals surface area contributed by atoms with Gasteiger partial charge >= 0.3 is 0 Å². The first-order valence-corrected chi connectivity index (χ1v) is 6.18. The van der Waals surface area contributed by atoms with Gasteiger partial charge in [0.05, 0.1) is 0 Å². The van der Waals surface area contributed by atoms with E-state index in [0.717, 1.165) is 0 Å². The second kappa shape index (κ2) is 5.54. The summed E-state index contributed by atoms with van der Waals surface area (Å²) in [6.07, 6.45) is 0. The van der Waals surface area contributed by atoms with E-state index in [2.05, 4.69) is 15.9 Å². The van der Waals surface area contributed by atoms with Crippen molar-refractivity contribution in [2.45, 2.75) is 0 Å². The van der Waals surface area contributed by atoms with E-state index < -0.39 is 29.0 Å². The second-order valence-electron chi connectivity index (χ2n) is 3.93. The molecule has 2 rings (SSSR count). The third kappa shape index (κ3) is 2.93. The fourth-order valence-electron chi connectivity index (χ4n) is 1.53. The molecule has 2 aromatic rings. The van der Waals surface area contributed by atoms with E-state index in [0.29, 0.717) is 22.3 Å². The van der Waals surface area contributed by atoms with Crippen LogP contribution in [0.1, 0.15) is 10.4 Å². The molecule has 0 saturated heterocycles. The minimum absolute atomic E-state index is 0.119. The summed E-state index contributed by atoms with van der Waals surface area (Å²) < 4.78 is 40.2. The summed E-state index contributed by atoms with van der Waals surface area (Å²) in [5.74, 6) is -4.21. The number of amides is 1. The molecular weight excluding hydrogens is 337 g/mol. The van der Waals surface area contributed by atoms with Gasteiger partial charge in [-0.3, -0.25) is 4.79 Å². The average molecular weight is 345 g/mol. The van der Waals surface area contributed by atoms with Crippen LogP contribution in [0.25, 0.3) is 0 Å². The number of rotatable bonds is 2. The Morgan fingerprint density at radius 3 is 2.25 bits per heavy atom. The Kier molecular flexibility index (Phi) is 3.99. The van der Waals surface area contributed by atoms with Gasteiger partial charge in [-0.25, -0.2) is 13.2 Å². The Morgan fingerprint density at radius 2 is 1.70 bits per heavy atom. The maximum absolute atomic E-state index is 13.4. The molecule has 3 N–H and O–H groups in total. The lowest BCUT2D eigenvalue weighted by Crippen LogP contribution is -2.15. The molecule has 0 aliphatic rings. The lowest BCUT2D eigenvalue weighted by molar-refractivity contribution is 0.102. The smallest absolute Gasteiger partial charge is 0.255 e. The fourth-order valence-corrected chi connectivity index (χ4v) is 1.78. The molecule has 0 saturated carbocycles.